The standard InChI is InChI=1S/C21H19F3N2O2/c22-20-5-4-13-11-25-7-6-18(13)19(20)12-26-14-8-17(9-14)27-15-2-1-3-16(10-15)28-21(23)24/h1-7,10-11,14,17,21,26H,8-9,12H2. The Kier molecular flexibility index (Phi) is 5.34. The maximum Gasteiger partial charge on any atom is 0.387 e. The largest absolute Gasteiger partial charge is 0.490 e. The summed E-state index contributed by atoms with van der Waals surface area (Å²) in [5.74, 6) is 0.325. The Bertz CT molecular complexity index is 961. The van der Waals surface area contributed by atoms with Crippen molar-refractivity contribution in [1.29, 1.82) is 0 Å². The molecule has 0 amide bonds. The predicted octanol–water partition coefficient (Wildman–Crippen LogP) is 4.67. The van der Waals surface area contributed by atoms with Gasteiger partial charge in [-0.1, -0.05) is 6.07 Å². The Morgan fingerprint density at radius 3 is 2.75 bits per heavy atom. The molecule has 0 spiro atoms. The molecule has 1 saturated carbocycles. The van der Waals surface area contributed by atoms with Crippen LogP contribution in [0.15, 0.2) is 54.9 Å². The lowest BCUT2D eigenvalue weighted by molar-refractivity contribution is -0.0500. The summed E-state index contributed by atoms with van der Waals surface area (Å²) in [6.45, 7) is -2.44. The molecule has 0 atom stereocenters. The first-order valence-electron chi connectivity index (χ1n) is 9.04. The monoisotopic (exact) mass is 388 g/mol. The Morgan fingerprint density at radius 2 is 1.93 bits per heavy atom. The fourth-order valence-corrected chi connectivity index (χ4v) is 3.38. The molecule has 1 aromatic heterocycles. The van der Waals surface area contributed by atoms with E-state index in [1.165, 1.54) is 18.2 Å². The minimum atomic E-state index is -2.86. The molecule has 1 heterocycles. The molecule has 0 aliphatic heterocycles. The van der Waals surface area contributed by atoms with Crippen molar-refractivity contribution in [2.75, 3.05) is 0 Å². The van der Waals surface area contributed by atoms with Gasteiger partial charge >= 0.3 is 6.61 Å². The van der Waals surface area contributed by atoms with Gasteiger partial charge in [-0.3, -0.25) is 4.98 Å². The average Bonchev–Trinajstić information content (AvgIpc) is 2.64. The van der Waals surface area contributed by atoms with Crippen LogP contribution in [0.2, 0.25) is 0 Å². The minimum Gasteiger partial charge on any atom is -0.490 e. The molecular formula is C21H19F3N2O2. The molecule has 28 heavy (non-hydrogen) atoms. The van der Waals surface area contributed by atoms with Crippen molar-refractivity contribution in [3.8, 4) is 11.5 Å². The maximum absolute atomic E-state index is 14.2. The van der Waals surface area contributed by atoms with Crippen LogP contribution in [0.25, 0.3) is 10.8 Å². The first-order chi connectivity index (χ1) is 13.6. The lowest BCUT2D eigenvalue weighted by Gasteiger charge is -2.36. The summed E-state index contributed by atoms with van der Waals surface area (Å²) in [6, 6.07) is 11.4. The zero-order valence-corrected chi connectivity index (χ0v) is 14.9. The molecule has 1 aliphatic carbocycles. The highest BCUT2D eigenvalue weighted by atomic mass is 19.3. The van der Waals surface area contributed by atoms with Crippen molar-refractivity contribution >= 4 is 10.8 Å². The second-order valence-electron chi connectivity index (χ2n) is 6.77. The number of alkyl halides is 2. The Hall–Kier alpha value is -2.80. The third kappa shape index (κ3) is 4.20. The lowest BCUT2D eigenvalue weighted by atomic mass is 9.89. The van der Waals surface area contributed by atoms with Crippen LogP contribution in [0.3, 0.4) is 0 Å². The summed E-state index contributed by atoms with van der Waals surface area (Å²) < 4.78 is 49.0. The number of nitrogens with zero attached hydrogens (tertiary/aromatic N) is 1. The van der Waals surface area contributed by atoms with Crippen molar-refractivity contribution < 1.29 is 22.6 Å². The van der Waals surface area contributed by atoms with Gasteiger partial charge in [0.05, 0.1) is 0 Å². The second kappa shape index (κ2) is 8.06. The number of halogens is 3. The highest BCUT2D eigenvalue weighted by molar-refractivity contribution is 5.84. The van der Waals surface area contributed by atoms with E-state index in [1.807, 2.05) is 6.07 Å². The van der Waals surface area contributed by atoms with Crippen LogP contribution in [0.4, 0.5) is 13.2 Å². The van der Waals surface area contributed by atoms with E-state index in [9.17, 15) is 13.2 Å². The van der Waals surface area contributed by atoms with E-state index in [0.29, 0.717) is 17.9 Å². The number of nitrogens with one attached hydrogen (secondary N) is 1. The van der Waals surface area contributed by atoms with Gasteiger partial charge in [0.15, 0.2) is 0 Å². The molecule has 7 heteroatoms. The van der Waals surface area contributed by atoms with E-state index in [4.69, 9.17) is 4.74 Å². The smallest absolute Gasteiger partial charge is 0.387 e. The van der Waals surface area contributed by atoms with Crippen LogP contribution >= 0.6 is 0 Å². The number of benzene rings is 2. The minimum absolute atomic E-state index is 0.0131. The van der Waals surface area contributed by atoms with Crippen LogP contribution in [0, 0.1) is 5.82 Å². The Morgan fingerprint density at radius 1 is 1.11 bits per heavy atom. The van der Waals surface area contributed by atoms with Gasteiger partial charge in [-0.05, 0) is 48.6 Å². The number of fused-ring (bicyclic) bond motifs is 1. The molecule has 0 saturated heterocycles. The number of ether oxygens (including phenoxy) is 2. The molecule has 0 bridgehead atoms. The van der Waals surface area contributed by atoms with Gasteiger partial charge in [-0.25, -0.2) is 4.39 Å². The molecule has 4 rings (SSSR count). The van der Waals surface area contributed by atoms with Crippen molar-refractivity contribution in [2.45, 2.75) is 38.1 Å². The summed E-state index contributed by atoms with van der Waals surface area (Å²) in [6.07, 6.45) is 4.88. The fraction of sp³-hybridized carbons (Fsp3) is 0.286. The molecule has 2 aromatic carbocycles. The van der Waals surface area contributed by atoms with Crippen molar-refractivity contribution in [1.82, 2.24) is 10.3 Å². The lowest BCUT2D eigenvalue weighted by Crippen LogP contribution is -2.46. The maximum atomic E-state index is 14.2. The Balaban J connectivity index is 1.31. The van der Waals surface area contributed by atoms with Crippen LogP contribution in [-0.4, -0.2) is 23.7 Å². The molecule has 0 radical (unpaired) electrons. The zero-order valence-electron chi connectivity index (χ0n) is 14.9. The van der Waals surface area contributed by atoms with E-state index >= 15 is 0 Å². The van der Waals surface area contributed by atoms with Crippen LogP contribution in [0.1, 0.15) is 18.4 Å². The number of pyridine rings is 1. The van der Waals surface area contributed by atoms with E-state index < -0.39 is 6.61 Å². The predicted molar refractivity (Wildman–Crippen MR) is 99.1 cm³/mol. The molecule has 0 unspecified atom stereocenters. The van der Waals surface area contributed by atoms with Crippen molar-refractivity contribution in [3.63, 3.8) is 0 Å². The highest BCUT2D eigenvalue weighted by Crippen LogP contribution is 2.29. The summed E-state index contributed by atoms with van der Waals surface area (Å²) in [5.41, 5.74) is 0.626. The average molecular weight is 388 g/mol. The highest BCUT2D eigenvalue weighted by Gasteiger charge is 2.30. The van der Waals surface area contributed by atoms with Crippen LogP contribution in [-0.2, 0) is 6.54 Å². The van der Waals surface area contributed by atoms with Gasteiger partial charge in [0.2, 0.25) is 0 Å². The third-order valence-corrected chi connectivity index (χ3v) is 4.87. The first kappa shape index (κ1) is 18.6. The number of hydrogen-bond donors (Lipinski definition) is 1. The molecule has 3 aromatic rings. The number of rotatable bonds is 7. The van der Waals surface area contributed by atoms with E-state index in [0.717, 1.165) is 23.6 Å². The molecular weight excluding hydrogens is 369 g/mol. The molecule has 1 fully saturated rings. The van der Waals surface area contributed by atoms with Gasteiger partial charge in [0.25, 0.3) is 0 Å². The van der Waals surface area contributed by atoms with Gasteiger partial charge in [-0.15, -0.1) is 0 Å². The fourth-order valence-electron chi connectivity index (χ4n) is 3.38. The second-order valence-corrected chi connectivity index (χ2v) is 6.77. The molecule has 1 aliphatic rings. The van der Waals surface area contributed by atoms with Gasteiger partial charge in [0.1, 0.15) is 23.4 Å². The van der Waals surface area contributed by atoms with E-state index in [-0.39, 0.29) is 23.7 Å². The molecule has 4 nitrogen and oxygen atoms in total. The summed E-state index contributed by atoms with van der Waals surface area (Å²) >= 11 is 0. The van der Waals surface area contributed by atoms with Crippen molar-refractivity contribution in [2.24, 2.45) is 0 Å². The number of hydrogen-bond acceptors (Lipinski definition) is 4. The number of aromatic nitrogens is 1. The Labute approximate surface area is 160 Å². The third-order valence-electron chi connectivity index (χ3n) is 4.87. The van der Waals surface area contributed by atoms with Crippen LogP contribution in [0.5, 0.6) is 11.5 Å². The van der Waals surface area contributed by atoms with Gasteiger partial charge in [0, 0.05) is 42.0 Å². The van der Waals surface area contributed by atoms with Gasteiger partial charge in [-0.2, -0.15) is 8.78 Å². The normalized spacial score (nSPS) is 18.9. The SMILES string of the molecule is Fc1ccc2cnccc2c1CNC1CC(Oc2cccc(OC(F)F)c2)C1. The van der Waals surface area contributed by atoms with Crippen LogP contribution < -0.4 is 14.8 Å². The molecule has 1 N–H and O–H groups in total. The quantitative estimate of drug-likeness (QED) is 0.639. The topological polar surface area (TPSA) is 43.4 Å². The summed E-state index contributed by atoms with van der Waals surface area (Å²) in [4.78, 5) is 4.07. The van der Waals surface area contributed by atoms with E-state index in [1.54, 1.807) is 30.6 Å². The van der Waals surface area contributed by atoms with E-state index in [2.05, 4.69) is 15.0 Å². The summed E-state index contributed by atoms with van der Waals surface area (Å²) in [7, 11) is 0. The van der Waals surface area contributed by atoms with Gasteiger partial charge < -0.3 is 14.8 Å². The zero-order chi connectivity index (χ0) is 19.5. The first-order valence-corrected chi connectivity index (χ1v) is 9.04. The molecule has 146 valence electrons. The van der Waals surface area contributed by atoms with Crippen molar-refractivity contribution in [3.05, 3.63) is 66.2 Å². The summed E-state index contributed by atoms with van der Waals surface area (Å²) in [5, 5.41) is 5.11.